The summed E-state index contributed by atoms with van der Waals surface area (Å²) in [6.45, 7) is 3.66. The normalized spacial score (nSPS) is 11.4. The number of methoxy groups -OCH3 is 1. The van der Waals surface area contributed by atoms with Crippen molar-refractivity contribution in [3.63, 3.8) is 0 Å². The maximum absolute atomic E-state index is 12.8. The molecular formula is C22H22N4O6S. The summed E-state index contributed by atoms with van der Waals surface area (Å²) >= 11 is 0. The third-order valence-corrected chi connectivity index (χ3v) is 6.07. The first kappa shape index (κ1) is 23.5. The van der Waals surface area contributed by atoms with Crippen molar-refractivity contribution in [2.24, 2.45) is 5.10 Å². The molecule has 0 aliphatic heterocycles. The zero-order valence-electron chi connectivity index (χ0n) is 18.1. The molecule has 172 valence electrons. The number of hydrogen-bond acceptors (Lipinski definition) is 8. The average molecular weight is 471 g/mol. The van der Waals surface area contributed by atoms with Crippen LogP contribution in [-0.2, 0) is 10.0 Å². The molecular weight excluding hydrogens is 448 g/mol. The van der Waals surface area contributed by atoms with E-state index in [2.05, 4.69) is 15.2 Å². The van der Waals surface area contributed by atoms with Gasteiger partial charge in [0, 0.05) is 6.07 Å². The topological polar surface area (TPSA) is 143 Å². The van der Waals surface area contributed by atoms with Crippen molar-refractivity contribution in [1.82, 2.24) is 0 Å². The minimum Gasteiger partial charge on any atom is -0.504 e. The number of anilines is 2. The molecule has 0 aliphatic carbocycles. The highest BCUT2D eigenvalue weighted by atomic mass is 32.2. The lowest BCUT2D eigenvalue weighted by Crippen LogP contribution is -2.14. The Morgan fingerprint density at radius 2 is 1.79 bits per heavy atom. The summed E-state index contributed by atoms with van der Waals surface area (Å²) in [5.41, 5.74) is 4.76. The molecule has 0 unspecified atom stereocenters. The standard InChI is InChI=1S/C22H22N4O6S/c1-14-4-7-18(15(2)10-14)25-33(30,31)17-6-8-19(20(12-17)26(28)29)24-23-13-16-5-9-21(27)22(11-16)32-3/h4-13,24-25,27H,1-3H3/b23-13+. The Kier molecular flexibility index (Phi) is 6.83. The minimum absolute atomic E-state index is 0.00691. The SMILES string of the molecule is COc1cc(/C=N/Nc2ccc(S(=O)(=O)Nc3ccc(C)cc3C)cc2[N+](=O)[O-])ccc1O. The number of rotatable bonds is 8. The molecule has 0 saturated heterocycles. The van der Waals surface area contributed by atoms with Crippen molar-refractivity contribution in [2.75, 3.05) is 17.3 Å². The summed E-state index contributed by atoms with van der Waals surface area (Å²) < 4.78 is 33.1. The number of nitrogens with one attached hydrogen (secondary N) is 2. The van der Waals surface area contributed by atoms with Gasteiger partial charge in [-0.25, -0.2) is 8.42 Å². The molecule has 3 aromatic carbocycles. The first-order chi connectivity index (χ1) is 15.6. The Labute approximate surface area is 190 Å². The molecule has 3 aromatic rings. The quantitative estimate of drug-likeness (QED) is 0.255. The van der Waals surface area contributed by atoms with Crippen LogP contribution in [0.5, 0.6) is 11.5 Å². The monoisotopic (exact) mass is 470 g/mol. The Bertz CT molecular complexity index is 1340. The Morgan fingerprint density at radius 1 is 1.06 bits per heavy atom. The summed E-state index contributed by atoms with van der Waals surface area (Å²) in [6, 6.07) is 13.2. The van der Waals surface area contributed by atoms with Crippen LogP contribution in [0.15, 0.2) is 64.6 Å². The molecule has 0 bridgehead atoms. The number of phenols is 1. The lowest BCUT2D eigenvalue weighted by Gasteiger charge is -2.12. The first-order valence-corrected chi connectivity index (χ1v) is 11.1. The van der Waals surface area contributed by atoms with Gasteiger partial charge in [0.15, 0.2) is 11.5 Å². The molecule has 0 heterocycles. The zero-order valence-corrected chi connectivity index (χ0v) is 18.9. The predicted octanol–water partition coefficient (Wildman–Crippen LogP) is 4.17. The number of sulfonamides is 1. The minimum atomic E-state index is -4.05. The van der Waals surface area contributed by atoms with Crippen LogP contribution in [0.1, 0.15) is 16.7 Å². The van der Waals surface area contributed by atoms with Gasteiger partial charge in [0.25, 0.3) is 15.7 Å². The lowest BCUT2D eigenvalue weighted by atomic mass is 10.1. The van der Waals surface area contributed by atoms with Gasteiger partial charge in [-0.2, -0.15) is 5.10 Å². The van der Waals surface area contributed by atoms with Gasteiger partial charge < -0.3 is 9.84 Å². The van der Waals surface area contributed by atoms with Gasteiger partial charge in [-0.15, -0.1) is 0 Å². The van der Waals surface area contributed by atoms with Crippen molar-refractivity contribution in [2.45, 2.75) is 18.7 Å². The van der Waals surface area contributed by atoms with Crippen LogP contribution in [0.4, 0.5) is 17.1 Å². The third kappa shape index (κ3) is 5.57. The Hall–Kier alpha value is -4.12. The van der Waals surface area contributed by atoms with E-state index in [0.717, 1.165) is 17.2 Å². The highest BCUT2D eigenvalue weighted by Gasteiger charge is 2.22. The lowest BCUT2D eigenvalue weighted by molar-refractivity contribution is -0.384. The number of benzene rings is 3. The van der Waals surface area contributed by atoms with Gasteiger partial charge in [-0.3, -0.25) is 20.3 Å². The van der Waals surface area contributed by atoms with Gasteiger partial charge in [-0.05, 0) is 61.4 Å². The second-order valence-electron chi connectivity index (χ2n) is 7.16. The molecule has 3 N–H and O–H groups in total. The van der Waals surface area contributed by atoms with E-state index in [1.807, 2.05) is 13.0 Å². The van der Waals surface area contributed by atoms with E-state index in [0.29, 0.717) is 11.3 Å². The summed E-state index contributed by atoms with van der Waals surface area (Å²) in [5.74, 6) is 0.209. The number of hydrazone groups is 1. The average Bonchev–Trinajstić information content (AvgIpc) is 2.76. The Balaban J connectivity index is 1.85. The number of hydrogen-bond donors (Lipinski definition) is 3. The van der Waals surface area contributed by atoms with E-state index in [1.165, 1.54) is 37.6 Å². The number of nitro benzene ring substituents is 1. The highest BCUT2D eigenvalue weighted by Crippen LogP contribution is 2.29. The molecule has 0 radical (unpaired) electrons. The van der Waals surface area contributed by atoms with Gasteiger partial charge in [0.05, 0.1) is 28.8 Å². The van der Waals surface area contributed by atoms with Crippen LogP contribution >= 0.6 is 0 Å². The molecule has 0 spiro atoms. The van der Waals surface area contributed by atoms with Crippen LogP contribution in [0.3, 0.4) is 0 Å². The molecule has 0 aliphatic rings. The smallest absolute Gasteiger partial charge is 0.295 e. The van der Waals surface area contributed by atoms with E-state index >= 15 is 0 Å². The second kappa shape index (κ2) is 9.57. The van der Waals surface area contributed by atoms with E-state index in [1.54, 1.807) is 25.1 Å². The van der Waals surface area contributed by atoms with Crippen molar-refractivity contribution in [3.8, 4) is 11.5 Å². The van der Waals surface area contributed by atoms with E-state index in [9.17, 15) is 23.6 Å². The molecule has 11 heteroatoms. The molecule has 0 atom stereocenters. The van der Waals surface area contributed by atoms with Crippen LogP contribution in [0.2, 0.25) is 0 Å². The summed E-state index contributed by atoms with van der Waals surface area (Å²) in [6.07, 6.45) is 1.37. The van der Waals surface area contributed by atoms with Crippen LogP contribution in [0, 0.1) is 24.0 Å². The fourth-order valence-electron chi connectivity index (χ4n) is 3.01. The van der Waals surface area contributed by atoms with Crippen LogP contribution < -0.4 is 14.9 Å². The van der Waals surface area contributed by atoms with Gasteiger partial charge >= 0.3 is 0 Å². The second-order valence-corrected chi connectivity index (χ2v) is 8.84. The molecule has 0 saturated carbocycles. The van der Waals surface area contributed by atoms with Gasteiger partial charge in [0.2, 0.25) is 0 Å². The highest BCUT2D eigenvalue weighted by molar-refractivity contribution is 7.92. The van der Waals surface area contributed by atoms with E-state index in [4.69, 9.17) is 4.74 Å². The van der Waals surface area contributed by atoms with Crippen molar-refractivity contribution < 1.29 is 23.2 Å². The van der Waals surface area contributed by atoms with E-state index in [-0.39, 0.29) is 22.1 Å². The van der Waals surface area contributed by atoms with Gasteiger partial charge in [-0.1, -0.05) is 17.7 Å². The Morgan fingerprint density at radius 3 is 2.45 bits per heavy atom. The van der Waals surface area contributed by atoms with E-state index < -0.39 is 20.6 Å². The van der Waals surface area contributed by atoms with Crippen molar-refractivity contribution in [3.05, 3.63) is 81.4 Å². The summed E-state index contributed by atoms with van der Waals surface area (Å²) in [7, 11) is -2.65. The number of nitrogens with zero attached hydrogens (tertiary/aromatic N) is 2. The van der Waals surface area contributed by atoms with Crippen LogP contribution in [0.25, 0.3) is 0 Å². The zero-order chi connectivity index (χ0) is 24.2. The largest absolute Gasteiger partial charge is 0.504 e. The maximum Gasteiger partial charge on any atom is 0.295 e. The first-order valence-electron chi connectivity index (χ1n) is 9.65. The van der Waals surface area contributed by atoms with Crippen LogP contribution in [-0.4, -0.2) is 31.8 Å². The number of ether oxygens (including phenoxy) is 1. The molecule has 3 rings (SSSR count). The molecule has 0 fully saturated rings. The predicted molar refractivity (Wildman–Crippen MR) is 126 cm³/mol. The van der Waals surface area contributed by atoms with Gasteiger partial charge in [0.1, 0.15) is 5.69 Å². The number of aromatic hydroxyl groups is 1. The third-order valence-electron chi connectivity index (χ3n) is 4.70. The molecule has 0 amide bonds. The summed E-state index contributed by atoms with van der Waals surface area (Å²) in [4.78, 5) is 10.6. The summed E-state index contributed by atoms with van der Waals surface area (Å²) in [5, 5.41) is 25.2. The molecule has 33 heavy (non-hydrogen) atoms. The van der Waals surface area contributed by atoms with Crippen molar-refractivity contribution >= 4 is 33.3 Å². The number of phenolic OH excluding ortho intramolecular Hbond substituents is 1. The number of aryl methyl sites for hydroxylation is 2. The van der Waals surface area contributed by atoms with Crippen molar-refractivity contribution in [1.29, 1.82) is 0 Å². The fraction of sp³-hybridized carbons (Fsp3) is 0.136. The molecule has 0 aromatic heterocycles. The molecule has 10 nitrogen and oxygen atoms in total. The number of nitro groups is 1. The maximum atomic E-state index is 12.8. The fourth-order valence-corrected chi connectivity index (χ4v) is 4.16.